The molecule has 0 aromatic heterocycles. The van der Waals surface area contributed by atoms with Crippen molar-refractivity contribution >= 4 is 46.6 Å². The van der Waals surface area contributed by atoms with Crippen molar-refractivity contribution in [3.63, 3.8) is 0 Å². The Morgan fingerprint density at radius 2 is 1.62 bits per heavy atom. The fourth-order valence-electron chi connectivity index (χ4n) is 2.50. The van der Waals surface area contributed by atoms with Gasteiger partial charge in [-0.1, -0.05) is 53.0 Å². The second-order valence-corrected chi connectivity index (χ2v) is 7.11. The molecule has 0 heterocycles. The van der Waals surface area contributed by atoms with Gasteiger partial charge < -0.3 is 10.2 Å². The Bertz CT molecular complexity index is 794. The summed E-state index contributed by atoms with van der Waals surface area (Å²) in [5, 5.41) is 4.02. The second-order valence-electron chi connectivity index (χ2n) is 5.86. The van der Waals surface area contributed by atoms with Crippen LogP contribution >= 0.6 is 34.8 Å². The van der Waals surface area contributed by atoms with Gasteiger partial charge in [-0.3, -0.25) is 9.59 Å². The summed E-state index contributed by atoms with van der Waals surface area (Å²) in [6.45, 7) is 1.99. The molecule has 2 aromatic rings. The number of amides is 2. The lowest BCUT2D eigenvalue weighted by Crippen LogP contribution is -2.47. The van der Waals surface area contributed by atoms with Crippen LogP contribution in [0.4, 0.5) is 0 Å². The topological polar surface area (TPSA) is 49.4 Å². The van der Waals surface area contributed by atoms with E-state index in [0.29, 0.717) is 21.6 Å². The highest BCUT2D eigenvalue weighted by molar-refractivity contribution is 6.42. The van der Waals surface area contributed by atoms with Gasteiger partial charge in [-0.25, -0.2) is 0 Å². The molecule has 0 fully saturated rings. The Balaban J connectivity index is 2.23. The predicted octanol–water partition coefficient (Wildman–Crippen LogP) is 4.35. The first-order valence-electron chi connectivity index (χ1n) is 8.01. The Morgan fingerprint density at radius 1 is 1.00 bits per heavy atom. The molecule has 0 bridgehead atoms. The summed E-state index contributed by atoms with van der Waals surface area (Å²) in [6.07, 6.45) is 0.117. The minimum Gasteiger partial charge on any atom is -0.357 e. The van der Waals surface area contributed by atoms with Crippen molar-refractivity contribution in [2.45, 2.75) is 25.9 Å². The van der Waals surface area contributed by atoms with Gasteiger partial charge in [-0.15, -0.1) is 0 Å². The van der Waals surface area contributed by atoms with Gasteiger partial charge in [0.05, 0.1) is 16.5 Å². The van der Waals surface area contributed by atoms with Crippen LogP contribution in [-0.4, -0.2) is 29.8 Å². The molecular weight excluding hydrogens is 395 g/mol. The van der Waals surface area contributed by atoms with Crippen LogP contribution in [0.2, 0.25) is 15.1 Å². The number of nitrogens with zero attached hydrogens (tertiary/aromatic N) is 1. The lowest BCUT2D eigenvalue weighted by molar-refractivity contribution is -0.139. The van der Waals surface area contributed by atoms with Gasteiger partial charge in [0.15, 0.2) is 0 Å². The van der Waals surface area contributed by atoms with E-state index in [1.807, 2.05) is 12.1 Å². The molecule has 0 radical (unpaired) electrons. The minimum absolute atomic E-state index is 0.117. The average Bonchev–Trinajstić information content (AvgIpc) is 2.63. The normalized spacial score (nSPS) is 11.7. The van der Waals surface area contributed by atoms with Crippen LogP contribution in [0, 0.1) is 0 Å². The first-order valence-corrected chi connectivity index (χ1v) is 9.14. The predicted molar refractivity (Wildman–Crippen MR) is 106 cm³/mol. The Labute approximate surface area is 168 Å². The summed E-state index contributed by atoms with van der Waals surface area (Å²) in [6, 6.07) is 11.6. The number of carbonyl (C=O) groups excluding carboxylic acids is 2. The van der Waals surface area contributed by atoms with Crippen LogP contribution in [0.3, 0.4) is 0 Å². The lowest BCUT2D eigenvalue weighted by Gasteiger charge is -2.28. The highest BCUT2D eigenvalue weighted by Crippen LogP contribution is 2.23. The molecule has 0 aliphatic carbocycles. The molecule has 1 N–H and O–H groups in total. The maximum Gasteiger partial charge on any atom is 0.242 e. The van der Waals surface area contributed by atoms with Crippen molar-refractivity contribution in [2.24, 2.45) is 0 Å². The van der Waals surface area contributed by atoms with E-state index in [1.165, 1.54) is 4.90 Å². The molecule has 2 aromatic carbocycles. The zero-order valence-electron chi connectivity index (χ0n) is 14.4. The molecular formula is C19H19Cl3N2O2. The third-order valence-corrected chi connectivity index (χ3v) is 5.01. The number of halogens is 3. The molecule has 7 heteroatoms. The van der Waals surface area contributed by atoms with Crippen molar-refractivity contribution in [1.29, 1.82) is 0 Å². The van der Waals surface area contributed by atoms with Crippen LogP contribution in [0.1, 0.15) is 18.1 Å². The third kappa shape index (κ3) is 5.37. The summed E-state index contributed by atoms with van der Waals surface area (Å²) in [7, 11) is 1.54. The van der Waals surface area contributed by atoms with E-state index < -0.39 is 6.04 Å². The van der Waals surface area contributed by atoms with E-state index in [-0.39, 0.29) is 18.2 Å². The fraction of sp³-hybridized carbons (Fsp3) is 0.263. The first kappa shape index (κ1) is 20.6. The summed E-state index contributed by atoms with van der Waals surface area (Å²) in [4.78, 5) is 26.5. The average molecular weight is 414 g/mol. The van der Waals surface area contributed by atoms with E-state index in [9.17, 15) is 9.59 Å². The molecule has 1 atom stereocenters. The number of nitrogens with one attached hydrogen (secondary N) is 1. The number of rotatable bonds is 6. The summed E-state index contributed by atoms with van der Waals surface area (Å²) < 4.78 is 0. The van der Waals surface area contributed by atoms with Gasteiger partial charge in [0.1, 0.15) is 6.04 Å². The molecule has 2 amide bonds. The molecule has 2 rings (SSSR count). The largest absolute Gasteiger partial charge is 0.357 e. The third-order valence-electron chi connectivity index (χ3n) is 4.02. The Hall–Kier alpha value is -1.75. The molecule has 4 nitrogen and oxygen atoms in total. The number of carbonyl (C=O) groups is 2. The van der Waals surface area contributed by atoms with Crippen LogP contribution < -0.4 is 5.32 Å². The smallest absolute Gasteiger partial charge is 0.242 e. The van der Waals surface area contributed by atoms with Crippen molar-refractivity contribution in [3.8, 4) is 0 Å². The standard InChI is InChI=1S/C19H19Cl3N2O2/c1-12(19(26)23-2)24(11-13-3-6-15(20)7-4-13)18(25)10-14-5-8-16(21)17(22)9-14/h3-9,12H,10-11H2,1-2H3,(H,23,26). The highest BCUT2D eigenvalue weighted by atomic mass is 35.5. The summed E-state index contributed by atoms with van der Waals surface area (Å²) in [5.74, 6) is -0.420. The Morgan fingerprint density at radius 3 is 2.19 bits per heavy atom. The monoisotopic (exact) mass is 412 g/mol. The van der Waals surface area contributed by atoms with Gasteiger partial charge >= 0.3 is 0 Å². The molecule has 26 heavy (non-hydrogen) atoms. The molecule has 0 aliphatic rings. The van der Waals surface area contributed by atoms with Crippen molar-refractivity contribution in [3.05, 3.63) is 68.7 Å². The number of hydrogen-bond donors (Lipinski definition) is 1. The van der Waals surface area contributed by atoms with E-state index >= 15 is 0 Å². The zero-order valence-corrected chi connectivity index (χ0v) is 16.7. The zero-order chi connectivity index (χ0) is 19.3. The summed E-state index contributed by atoms with van der Waals surface area (Å²) >= 11 is 17.9. The van der Waals surface area contributed by atoms with E-state index in [1.54, 1.807) is 44.3 Å². The molecule has 138 valence electrons. The molecule has 0 saturated carbocycles. The van der Waals surface area contributed by atoms with Gasteiger partial charge in [0.2, 0.25) is 11.8 Å². The van der Waals surface area contributed by atoms with Crippen molar-refractivity contribution in [2.75, 3.05) is 7.05 Å². The van der Waals surface area contributed by atoms with E-state index in [2.05, 4.69) is 5.32 Å². The molecule has 0 aliphatic heterocycles. The lowest BCUT2D eigenvalue weighted by atomic mass is 10.1. The fourth-order valence-corrected chi connectivity index (χ4v) is 2.95. The molecule has 0 saturated heterocycles. The maximum atomic E-state index is 12.9. The van der Waals surface area contributed by atoms with E-state index in [4.69, 9.17) is 34.8 Å². The van der Waals surface area contributed by atoms with Gasteiger partial charge in [-0.05, 0) is 42.3 Å². The van der Waals surface area contributed by atoms with Gasteiger partial charge in [0.25, 0.3) is 0 Å². The van der Waals surface area contributed by atoms with Crippen LogP contribution in [0.5, 0.6) is 0 Å². The van der Waals surface area contributed by atoms with Crippen LogP contribution in [-0.2, 0) is 22.6 Å². The number of benzene rings is 2. The van der Waals surface area contributed by atoms with E-state index in [0.717, 1.165) is 11.1 Å². The summed E-state index contributed by atoms with van der Waals surface area (Å²) in [5.41, 5.74) is 1.61. The number of likely N-dealkylation sites (N-methyl/N-ethyl adjacent to an activating group) is 1. The first-order chi connectivity index (χ1) is 12.3. The molecule has 1 unspecified atom stereocenters. The number of hydrogen-bond acceptors (Lipinski definition) is 2. The molecule has 0 spiro atoms. The van der Waals surface area contributed by atoms with Gasteiger partial charge in [0, 0.05) is 18.6 Å². The Kier molecular flexibility index (Phi) is 7.33. The van der Waals surface area contributed by atoms with Crippen molar-refractivity contribution in [1.82, 2.24) is 10.2 Å². The van der Waals surface area contributed by atoms with Gasteiger partial charge in [-0.2, -0.15) is 0 Å². The van der Waals surface area contributed by atoms with Crippen LogP contribution in [0.15, 0.2) is 42.5 Å². The maximum absolute atomic E-state index is 12.9. The highest BCUT2D eigenvalue weighted by Gasteiger charge is 2.25. The minimum atomic E-state index is -0.619. The quantitative estimate of drug-likeness (QED) is 0.765. The second kappa shape index (κ2) is 9.26. The van der Waals surface area contributed by atoms with Crippen molar-refractivity contribution < 1.29 is 9.59 Å². The van der Waals surface area contributed by atoms with Crippen LogP contribution in [0.25, 0.3) is 0 Å². The SMILES string of the molecule is CNC(=O)C(C)N(Cc1ccc(Cl)cc1)C(=O)Cc1ccc(Cl)c(Cl)c1.